The number of anilines is 2. The summed E-state index contributed by atoms with van der Waals surface area (Å²) in [5, 5.41) is 4.26. The average molecular weight is 260 g/mol. The van der Waals surface area contributed by atoms with Gasteiger partial charge >= 0.3 is 0 Å². The van der Waals surface area contributed by atoms with Crippen molar-refractivity contribution in [2.75, 3.05) is 17.6 Å². The molecule has 0 saturated heterocycles. The molecule has 0 spiro atoms. The summed E-state index contributed by atoms with van der Waals surface area (Å²) in [5.41, 5.74) is 7.74. The van der Waals surface area contributed by atoms with Crippen molar-refractivity contribution in [1.82, 2.24) is 9.36 Å². The van der Waals surface area contributed by atoms with Gasteiger partial charge < -0.3 is 11.1 Å². The van der Waals surface area contributed by atoms with Gasteiger partial charge in [-0.25, -0.2) is 4.98 Å². The number of nitrogen functional groups attached to an aromatic ring is 1. The van der Waals surface area contributed by atoms with E-state index in [1.54, 1.807) is 0 Å². The van der Waals surface area contributed by atoms with E-state index in [-0.39, 0.29) is 0 Å². The van der Waals surface area contributed by atoms with Crippen LogP contribution in [0, 0.1) is 0 Å². The summed E-state index contributed by atoms with van der Waals surface area (Å²) in [5.74, 6) is 1.66. The maximum Gasteiger partial charge on any atom is 0.202 e. The molecule has 1 aromatic heterocycles. The van der Waals surface area contributed by atoms with E-state index in [2.05, 4.69) is 26.8 Å². The summed E-state index contributed by atoms with van der Waals surface area (Å²) in [6, 6.07) is 8.00. The smallest absolute Gasteiger partial charge is 0.202 e. The van der Waals surface area contributed by atoms with E-state index < -0.39 is 0 Å². The molecule has 18 heavy (non-hydrogen) atoms. The molecule has 1 heterocycles. The third kappa shape index (κ3) is 2.79. The molecule has 94 valence electrons. The molecule has 0 radical (unpaired) electrons. The van der Waals surface area contributed by atoms with Crippen molar-refractivity contribution >= 4 is 22.4 Å². The highest BCUT2D eigenvalue weighted by atomic mass is 32.1. The largest absolute Gasteiger partial charge is 0.399 e. The van der Waals surface area contributed by atoms with Gasteiger partial charge in [0.1, 0.15) is 5.82 Å². The third-order valence-corrected chi connectivity index (χ3v) is 3.74. The van der Waals surface area contributed by atoms with Crippen LogP contribution in [0.5, 0.6) is 0 Å². The number of aromatic nitrogens is 2. The lowest BCUT2D eigenvalue weighted by molar-refractivity contribution is 0.969. The standard InChI is InChI=1S/C13H16N4S/c14-11-5-1-9(2-6-11)7-8-15-13-16-12(17-18-13)10-3-4-10/h1-2,5-6,10H,3-4,7-8,14H2,(H,15,16,17). The number of hydrogen-bond donors (Lipinski definition) is 2. The molecule has 3 rings (SSSR count). The zero-order valence-electron chi connectivity index (χ0n) is 10.1. The molecule has 1 fully saturated rings. The first-order valence-electron chi connectivity index (χ1n) is 6.23. The predicted octanol–water partition coefficient (Wildman–Crippen LogP) is 2.65. The molecule has 1 aromatic carbocycles. The van der Waals surface area contributed by atoms with E-state index in [1.165, 1.54) is 29.9 Å². The van der Waals surface area contributed by atoms with Gasteiger partial charge in [-0.05, 0) is 37.0 Å². The fraction of sp³-hybridized carbons (Fsp3) is 0.385. The Kier molecular flexibility index (Phi) is 3.15. The third-order valence-electron chi connectivity index (χ3n) is 3.05. The molecular formula is C13H16N4S. The number of nitrogens with two attached hydrogens (primary N) is 1. The Morgan fingerprint density at radius 3 is 2.78 bits per heavy atom. The van der Waals surface area contributed by atoms with Crippen molar-refractivity contribution in [3.63, 3.8) is 0 Å². The molecule has 1 aliphatic rings. The van der Waals surface area contributed by atoms with Crippen LogP contribution < -0.4 is 11.1 Å². The van der Waals surface area contributed by atoms with Gasteiger partial charge in [-0.2, -0.15) is 4.37 Å². The van der Waals surface area contributed by atoms with Gasteiger partial charge in [0.15, 0.2) is 0 Å². The Morgan fingerprint density at radius 1 is 1.28 bits per heavy atom. The SMILES string of the molecule is Nc1ccc(CCNc2nc(C3CC3)ns2)cc1. The minimum absolute atomic E-state index is 0.633. The molecule has 0 bridgehead atoms. The molecular weight excluding hydrogens is 244 g/mol. The Hall–Kier alpha value is -1.62. The topological polar surface area (TPSA) is 63.8 Å². The van der Waals surface area contributed by atoms with Crippen LogP contribution in [0.4, 0.5) is 10.8 Å². The maximum atomic E-state index is 5.65. The lowest BCUT2D eigenvalue weighted by Gasteiger charge is -2.02. The Balaban J connectivity index is 1.49. The van der Waals surface area contributed by atoms with Crippen LogP contribution in [-0.2, 0) is 6.42 Å². The van der Waals surface area contributed by atoms with Crippen LogP contribution in [0.25, 0.3) is 0 Å². The lowest BCUT2D eigenvalue weighted by atomic mass is 10.1. The molecule has 1 aliphatic carbocycles. The highest BCUT2D eigenvalue weighted by molar-refractivity contribution is 7.09. The Morgan fingerprint density at radius 2 is 2.06 bits per heavy atom. The van der Waals surface area contributed by atoms with E-state index in [1.807, 2.05) is 12.1 Å². The zero-order chi connectivity index (χ0) is 12.4. The molecule has 0 aliphatic heterocycles. The van der Waals surface area contributed by atoms with Crippen LogP contribution in [0.3, 0.4) is 0 Å². The van der Waals surface area contributed by atoms with Crippen molar-refractivity contribution in [2.45, 2.75) is 25.2 Å². The van der Waals surface area contributed by atoms with Gasteiger partial charge in [-0.3, -0.25) is 0 Å². The summed E-state index contributed by atoms with van der Waals surface area (Å²) < 4.78 is 4.37. The fourth-order valence-electron chi connectivity index (χ4n) is 1.81. The van der Waals surface area contributed by atoms with Crippen LogP contribution in [0.2, 0.25) is 0 Å². The minimum Gasteiger partial charge on any atom is -0.399 e. The number of nitrogens with one attached hydrogen (secondary N) is 1. The zero-order valence-corrected chi connectivity index (χ0v) is 10.9. The Labute approximate surface area is 110 Å². The van der Waals surface area contributed by atoms with Crippen molar-refractivity contribution in [1.29, 1.82) is 0 Å². The average Bonchev–Trinajstić information content (AvgIpc) is 3.12. The molecule has 0 amide bonds. The fourth-order valence-corrected chi connectivity index (χ4v) is 2.48. The summed E-state index contributed by atoms with van der Waals surface area (Å²) >= 11 is 1.46. The monoisotopic (exact) mass is 260 g/mol. The van der Waals surface area contributed by atoms with Crippen molar-refractivity contribution in [3.05, 3.63) is 35.7 Å². The quantitative estimate of drug-likeness (QED) is 0.811. The van der Waals surface area contributed by atoms with Crippen LogP contribution in [0.1, 0.15) is 30.1 Å². The van der Waals surface area contributed by atoms with Crippen LogP contribution in [0.15, 0.2) is 24.3 Å². The van der Waals surface area contributed by atoms with Crippen molar-refractivity contribution in [3.8, 4) is 0 Å². The van der Waals surface area contributed by atoms with Gasteiger partial charge in [0.2, 0.25) is 5.13 Å². The first-order valence-corrected chi connectivity index (χ1v) is 7.00. The molecule has 4 nitrogen and oxygen atoms in total. The normalized spacial score (nSPS) is 14.7. The highest BCUT2D eigenvalue weighted by Crippen LogP contribution is 2.39. The molecule has 0 atom stereocenters. The van der Waals surface area contributed by atoms with E-state index in [0.29, 0.717) is 5.92 Å². The number of rotatable bonds is 5. The van der Waals surface area contributed by atoms with Crippen molar-refractivity contribution in [2.24, 2.45) is 0 Å². The lowest BCUT2D eigenvalue weighted by Crippen LogP contribution is -2.04. The molecule has 0 unspecified atom stereocenters. The van der Waals surface area contributed by atoms with Crippen molar-refractivity contribution < 1.29 is 0 Å². The summed E-state index contributed by atoms with van der Waals surface area (Å²) in [6.45, 7) is 0.878. The van der Waals surface area contributed by atoms with E-state index in [9.17, 15) is 0 Å². The number of benzene rings is 1. The highest BCUT2D eigenvalue weighted by Gasteiger charge is 2.27. The summed E-state index contributed by atoms with van der Waals surface area (Å²) in [4.78, 5) is 4.49. The van der Waals surface area contributed by atoms with E-state index in [4.69, 9.17) is 5.73 Å². The molecule has 2 aromatic rings. The first-order chi connectivity index (χ1) is 8.81. The van der Waals surface area contributed by atoms with Gasteiger partial charge in [0, 0.05) is 29.7 Å². The first kappa shape index (κ1) is 11.5. The predicted molar refractivity (Wildman–Crippen MR) is 74.9 cm³/mol. The number of hydrogen-bond acceptors (Lipinski definition) is 5. The maximum absolute atomic E-state index is 5.65. The van der Waals surface area contributed by atoms with Gasteiger partial charge in [0.05, 0.1) is 0 Å². The van der Waals surface area contributed by atoms with Gasteiger partial charge in [-0.1, -0.05) is 12.1 Å². The van der Waals surface area contributed by atoms with Gasteiger partial charge in [0.25, 0.3) is 0 Å². The van der Waals surface area contributed by atoms with E-state index in [0.717, 1.165) is 29.6 Å². The van der Waals surface area contributed by atoms with Crippen LogP contribution >= 0.6 is 11.5 Å². The number of nitrogens with zero attached hydrogens (tertiary/aromatic N) is 2. The molecule has 3 N–H and O–H groups in total. The molecule has 1 saturated carbocycles. The minimum atomic E-state index is 0.633. The van der Waals surface area contributed by atoms with Gasteiger partial charge in [-0.15, -0.1) is 0 Å². The van der Waals surface area contributed by atoms with E-state index >= 15 is 0 Å². The second kappa shape index (κ2) is 4.94. The Bertz CT molecular complexity index is 516. The van der Waals surface area contributed by atoms with Crippen LogP contribution in [-0.4, -0.2) is 15.9 Å². The second-order valence-corrected chi connectivity index (χ2v) is 5.40. The second-order valence-electron chi connectivity index (χ2n) is 4.65. The summed E-state index contributed by atoms with van der Waals surface area (Å²) in [7, 11) is 0. The molecule has 5 heteroatoms. The summed E-state index contributed by atoms with van der Waals surface area (Å²) in [6.07, 6.45) is 3.47.